The van der Waals surface area contributed by atoms with Crippen molar-refractivity contribution in [1.82, 2.24) is 0 Å². The molecule has 2 N–H and O–H groups in total. The van der Waals surface area contributed by atoms with Gasteiger partial charge in [-0.3, -0.25) is 0 Å². The van der Waals surface area contributed by atoms with Crippen LogP contribution in [0.3, 0.4) is 0 Å². The number of benzene rings is 3. The third-order valence-electron chi connectivity index (χ3n) is 6.99. The summed E-state index contributed by atoms with van der Waals surface area (Å²) in [5, 5.41) is 0. The van der Waals surface area contributed by atoms with E-state index in [2.05, 4.69) is 15.9 Å². The smallest absolute Gasteiger partial charge is 0.216 e. The average molecular weight is 867 g/mol. The number of hydrogen-bond acceptors (Lipinski definition) is 11. The minimum absolute atomic E-state index is 0. The topological polar surface area (TPSA) is 163 Å². The number of sulfone groups is 4. The quantitative estimate of drug-likeness (QED) is 0.162. The maximum atomic E-state index is 13.0. The largest absolute Gasteiger partial charge is 0.326 e. The van der Waals surface area contributed by atoms with Crippen LogP contribution in [-0.4, -0.2) is 46.2 Å². The predicted molar refractivity (Wildman–Crippen MR) is 201 cm³/mol. The minimum Gasteiger partial charge on any atom is -0.326 e. The monoisotopic (exact) mass is 865 g/mol. The lowest BCUT2D eigenvalue weighted by Crippen LogP contribution is -2.04. The molecule has 0 fully saturated rings. The first-order chi connectivity index (χ1) is 22.3. The van der Waals surface area contributed by atoms with Crippen LogP contribution < -0.4 is 5.73 Å². The molecule has 0 saturated heterocycles. The van der Waals surface area contributed by atoms with Crippen LogP contribution in [0.1, 0.15) is 22.2 Å². The summed E-state index contributed by atoms with van der Waals surface area (Å²) in [6.45, 7) is 4.15. The fourth-order valence-electron chi connectivity index (χ4n) is 4.45. The van der Waals surface area contributed by atoms with E-state index in [0.29, 0.717) is 11.1 Å². The average Bonchev–Trinajstić information content (AvgIpc) is 3.71. The van der Waals surface area contributed by atoms with Crippen LogP contribution in [0.4, 0.5) is 0 Å². The highest BCUT2D eigenvalue weighted by Gasteiger charge is 2.25. The molecule has 264 valence electrons. The first kappa shape index (κ1) is 41.0. The summed E-state index contributed by atoms with van der Waals surface area (Å²) in [7, 11) is -14.3. The number of halogens is 2. The Hall–Kier alpha value is -2.41. The lowest BCUT2D eigenvalue weighted by Gasteiger charge is -2.11. The van der Waals surface area contributed by atoms with Crippen LogP contribution in [-0.2, 0) is 52.3 Å². The maximum Gasteiger partial charge on any atom is 0.216 e. The number of hydrogen-bond donors (Lipinski definition) is 1. The van der Waals surface area contributed by atoms with E-state index in [-0.39, 0.29) is 51.4 Å². The molecule has 0 amide bonds. The lowest BCUT2D eigenvalue weighted by molar-refractivity contribution is 0.595. The zero-order chi connectivity index (χ0) is 35.7. The van der Waals surface area contributed by atoms with Gasteiger partial charge in [0.05, 0.1) is 19.6 Å². The van der Waals surface area contributed by atoms with Gasteiger partial charge in [-0.2, -0.15) is 0 Å². The van der Waals surface area contributed by atoms with Gasteiger partial charge in [0.2, 0.25) is 19.7 Å². The fourth-order valence-corrected chi connectivity index (χ4v) is 12.9. The molecule has 0 saturated carbocycles. The Morgan fingerprint density at radius 1 is 0.633 bits per heavy atom. The molecule has 0 spiro atoms. The third-order valence-corrected chi connectivity index (χ3v) is 17.0. The molecule has 0 unspecified atom stereocenters. The third kappa shape index (κ3) is 9.48. The highest BCUT2D eigenvalue weighted by Crippen LogP contribution is 2.35. The van der Waals surface area contributed by atoms with E-state index in [4.69, 9.17) is 5.73 Å². The molecule has 49 heavy (non-hydrogen) atoms. The molecule has 2 heterocycles. The molecule has 0 bridgehead atoms. The van der Waals surface area contributed by atoms with E-state index < -0.39 is 39.3 Å². The molecule has 0 aliphatic carbocycles. The number of aryl methyl sites for hydroxylation is 2. The zero-order valence-electron chi connectivity index (χ0n) is 26.6. The van der Waals surface area contributed by atoms with Crippen LogP contribution in [0, 0.1) is 6.92 Å². The van der Waals surface area contributed by atoms with E-state index >= 15 is 0 Å². The van der Waals surface area contributed by atoms with E-state index in [9.17, 15) is 33.7 Å². The van der Waals surface area contributed by atoms with E-state index in [1.165, 1.54) is 53.8 Å². The van der Waals surface area contributed by atoms with E-state index in [0.717, 1.165) is 45.6 Å². The molecule has 3 aromatic carbocycles. The molecular formula is C32H33BrClNO8S6. The molecule has 0 radical (unpaired) electrons. The van der Waals surface area contributed by atoms with Crippen LogP contribution >= 0.6 is 51.0 Å². The first-order valence-corrected chi connectivity index (χ1v) is 23.2. The van der Waals surface area contributed by atoms with Gasteiger partial charge in [-0.15, -0.1) is 35.1 Å². The predicted octanol–water partition coefficient (Wildman–Crippen LogP) is 7.15. The first-order valence-electron chi connectivity index (χ1n) is 14.1. The van der Waals surface area contributed by atoms with Crippen LogP contribution in [0.15, 0.2) is 117 Å². The molecule has 9 nitrogen and oxygen atoms in total. The molecule has 2 aromatic heterocycles. The molecule has 0 atom stereocenters. The Kier molecular flexibility index (Phi) is 13.3. The van der Waals surface area contributed by atoms with Gasteiger partial charge >= 0.3 is 0 Å². The molecule has 5 rings (SSSR count). The molecular weight excluding hydrogens is 834 g/mol. The molecule has 5 aromatic rings. The summed E-state index contributed by atoms with van der Waals surface area (Å²) < 4.78 is 99.2. The SMILES string of the molecule is CCc1ccc(S(=O)(=O)c2ccc(S(C)(=O)=O)c(Br)c2)s1.Cc1ccc(-c2cc(S(=O)(=O)c3ccc(CN)s3)ccc2S(C)(=O)=O)cc1.Cl. The molecule has 0 aliphatic heterocycles. The van der Waals surface area contributed by atoms with Gasteiger partial charge < -0.3 is 5.73 Å². The van der Waals surface area contributed by atoms with Crippen molar-refractivity contribution in [3.63, 3.8) is 0 Å². The van der Waals surface area contributed by atoms with Gasteiger partial charge in [0.1, 0.15) is 8.42 Å². The van der Waals surface area contributed by atoms with E-state index in [1.807, 2.05) is 26.0 Å². The van der Waals surface area contributed by atoms with Crippen molar-refractivity contribution in [1.29, 1.82) is 0 Å². The summed E-state index contributed by atoms with van der Waals surface area (Å²) in [5.74, 6) is 0. The Balaban J connectivity index is 0.000000268. The van der Waals surface area contributed by atoms with Crippen molar-refractivity contribution in [3.8, 4) is 11.1 Å². The minimum atomic E-state index is -3.76. The number of nitrogens with two attached hydrogens (primary N) is 1. The summed E-state index contributed by atoms with van der Waals surface area (Å²) >= 11 is 5.47. The van der Waals surface area contributed by atoms with Crippen LogP contribution in [0.2, 0.25) is 0 Å². The zero-order valence-corrected chi connectivity index (χ0v) is 33.9. The second kappa shape index (κ2) is 15.9. The van der Waals surface area contributed by atoms with Crippen LogP contribution in [0.5, 0.6) is 0 Å². The number of thiophene rings is 2. The normalized spacial score (nSPS) is 12.1. The van der Waals surface area contributed by atoms with Gasteiger partial charge in [-0.1, -0.05) is 36.8 Å². The Morgan fingerprint density at radius 2 is 1.10 bits per heavy atom. The second-order valence-electron chi connectivity index (χ2n) is 10.7. The fraction of sp³-hybridized carbons (Fsp3) is 0.188. The highest BCUT2D eigenvalue weighted by atomic mass is 79.9. The van der Waals surface area contributed by atoms with Crippen LogP contribution in [0.25, 0.3) is 11.1 Å². The van der Waals surface area contributed by atoms with Crippen molar-refractivity contribution in [2.24, 2.45) is 5.73 Å². The standard InChI is InChI=1S/C19H19NO4S3.C13H13BrO4S3.ClH/c1-13-3-5-14(6-4-13)17-11-16(8-9-18(17)26(2,21)22)27(23,24)19-10-7-15(12-20)25-19;1-3-9-4-7-13(19-9)21(17,18)10-5-6-12(11(14)8-10)20(2,15)16;/h3-11H,12,20H2,1-2H3;4-8H,3H2,1-2H3;1H. The summed E-state index contributed by atoms with van der Waals surface area (Å²) in [5.41, 5.74) is 7.61. The molecule has 17 heteroatoms. The Morgan fingerprint density at radius 3 is 1.53 bits per heavy atom. The summed E-state index contributed by atoms with van der Waals surface area (Å²) in [6.07, 6.45) is 2.96. The molecule has 0 aliphatic rings. The van der Waals surface area contributed by atoms with Crippen molar-refractivity contribution < 1.29 is 33.7 Å². The highest BCUT2D eigenvalue weighted by molar-refractivity contribution is 9.10. The van der Waals surface area contributed by atoms with Gasteiger partial charge in [0.15, 0.2) is 19.7 Å². The Bertz CT molecular complexity index is 2420. The van der Waals surface area contributed by atoms with Crippen molar-refractivity contribution >= 4 is 90.4 Å². The van der Waals surface area contributed by atoms with Gasteiger partial charge in [0, 0.05) is 38.8 Å². The van der Waals surface area contributed by atoms with Gasteiger partial charge in [-0.05, 0) is 95.5 Å². The van der Waals surface area contributed by atoms with Gasteiger partial charge in [0.25, 0.3) is 0 Å². The maximum absolute atomic E-state index is 13.0. The summed E-state index contributed by atoms with van der Waals surface area (Å²) in [4.78, 5) is 2.05. The van der Waals surface area contributed by atoms with E-state index in [1.54, 1.807) is 30.3 Å². The van der Waals surface area contributed by atoms with Gasteiger partial charge in [-0.25, -0.2) is 33.7 Å². The Labute approximate surface area is 310 Å². The van der Waals surface area contributed by atoms with Crippen molar-refractivity contribution in [2.45, 2.75) is 54.8 Å². The summed E-state index contributed by atoms with van der Waals surface area (Å²) in [6, 6.07) is 21.9. The van der Waals surface area contributed by atoms with Crippen molar-refractivity contribution in [2.75, 3.05) is 12.5 Å². The number of rotatable bonds is 9. The lowest BCUT2D eigenvalue weighted by atomic mass is 10.0. The second-order valence-corrected chi connectivity index (χ2v) is 22.2. The van der Waals surface area contributed by atoms with Crippen molar-refractivity contribution in [3.05, 3.63) is 105 Å².